The number of aromatic nitrogens is 6. The largest absolute Gasteiger partial charge is 0.368 e. The summed E-state index contributed by atoms with van der Waals surface area (Å²) in [6, 6.07) is 3.79. The summed E-state index contributed by atoms with van der Waals surface area (Å²) in [5.74, 6) is 1.08. The van der Waals surface area contributed by atoms with E-state index in [4.69, 9.17) is 5.73 Å². The van der Waals surface area contributed by atoms with Crippen molar-refractivity contribution in [3.8, 4) is 17.3 Å². The highest BCUT2D eigenvalue weighted by Crippen LogP contribution is 2.15. The Labute approximate surface area is 109 Å². The van der Waals surface area contributed by atoms with Crippen molar-refractivity contribution in [3.63, 3.8) is 0 Å². The Bertz CT molecular complexity index is 689. The third-order valence-electron chi connectivity index (χ3n) is 2.55. The molecule has 0 saturated heterocycles. The van der Waals surface area contributed by atoms with Crippen molar-refractivity contribution in [1.82, 2.24) is 29.5 Å². The number of nitrogen functional groups attached to an aromatic ring is 1. The lowest BCUT2D eigenvalue weighted by atomic mass is 10.2. The molecule has 3 aromatic rings. The molecule has 0 spiro atoms. The first kappa shape index (κ1) is 11.3. The van der Waals surface area contributed by atoms with Crippen molar-refractivity contribution in [3.05, 3.63) is 42.7 Å². The van der Waals surface area contributed by atoms with Gasteiger partial charge in [0, 0.05) is 29.8 Å². The lowest BCUT2D eigenvalue weighted by molar-refractivity contribution is 0.905. The van der Waals surface area contributed by atoms with Crippen LogP contribution in [0.25, 0.3) is 17.3 Å². The van der Waals surface area contributed by atoms with Crippen LogP contribution in [0.5, 0.6) is 0 Å². The molecule has 0 fully saturated rings. The first-order valence-corrected chi connectivity index (χ1v) is 5.65. The highest BCUT2D eigenvalue weighted by atomic mass is 15.2. The Morgan fingerprint density at radius 2 is 2.05 bits per heavy atom. The molecular weight excluding hydrogens is 242 g/mol. The van der Waals surface area contributed by atoms with E-state index in [9.17, 15) is 0 Å². The van der Waals surface area contributed by atoms with Gasteiger partial charge in [-0.25, -0.2) is 4.98 Å². The quantitative estimate of drug-likeness (QED) is 0.732. The minimum atomic E-state index is 0.161. The summed E-state index contributed by atoms with van der Waals surface area (Å²) >= 11 is 0. The number of imidazole rings is 1. The summed E-state index contributed by atoms with van der Waals surface area (Å²) < 4.78 is 1.67. The molecule has 7 heteroatoms. The average Bonchev–Trinajstić information content (AvgIpc) is 2.93. The van der Waals surface area contributed by atoms with Gasteiger partial charge in [-0.2, -0.15) is 15.0 Å². The van der Waals surface area contributed by atoms with Crippen molar-refractivity contribution in [2.45, 2.75) is 6.92 Å². The van der Waals surface area contributed by atoms with Crippen molar-refractivity contribution in [1.29, 1.82) is 0 Å². The van der Waals surface area contributed by atoms with Crippen LogP contribution in [0.3, 0.4) is 0 Å². The number of hydrogen-bond donors (Lipinski definition) is 1. The van der Waals surface area contributed by atoms with Gasteiger partial charge in [0.1, 0.15) is 6.33 Å². The molecule has 0 atom stereocenters. The fourth-order valence-electron chi connectivity index (χ4n) is 1.60. The van der Waals surface area contributed by atoms with Crippen LogP contribution in [0.2, 0.25) is 0 Å². The Balaban J connectivity index is 2.10. The highest BCUT2D eigenvalue weighted by Gasteiger charge is 2.08. The van der Waals surface area contributed by atoms with E-state index < -0.39 is 0 Å². The molecule has 94 valence electrons. The Morgan fingerprint density at radius 1 is 1.16 bits per heavy atom. The molecular formula is C12H11N7. The number of nitrogens with two attached hydrogens (primary N) is 1. The molecule has 0 radical (unpaired) electrons. The van der Waals surface area contributed by atoms with Gasteiger partial charge in [0.05, 0.1) is 0 Å². The van der Waals surface area contributed by atoms with E-state index in [-0.39, 0.29) is 5.95 Å². The topological polar surface area (TPSA) is 95.4 Å². The Hall–Kier alpha value is -2.83. The van der Waals surface area contributed by atoms with Gasteiger partial charge in [-0.05, 0) is 19.1 Å². The zero-order chi connectivity index (χ0) is 13.2. The number of hydrogen-bond acceptors (Lipinski definition) is 6. The molecule has 0 amide bonds. The van der Waals surface area contributed by atoms with Gasteiger partial charge in [-0.1, -0.05) is 0 Å². The molecule has 3 heterocycles. The zero-order valence-electron chi connectivity index (χ0n) is 10.2. The fraction of sp³-hybridized carbons (Fsp3) is 0.0833. The second-order valence-electron chi connectivity index (χ2n) is 3.98. The first-order chi connectivity index (χ1) is 9.22. The van der Waals surface area contributed by atoms with Crippen molar-refractivity contribution in [2.24, 2.45) is 0 Å². The summed E-state index contributed by atoms with van der Waals surface area (Å²) in [6.45, 7) is 1.92. The summed E-state index contributed by atoms with van der Waals surface area (Å²) in [5, 5.41) is 0. The third-order valence-corrected chi connectivity index (χ3v) is 2.55. The predicted molar refractivity (Wildman–Crippen MR) is 69.3 cm³/mol. The van der Waals surface area contributed by atoms with Crippen LogP contribution in [0.4, 0.5) is 5.95 Å². The zero-order valence-corrected chi connectivity index (χ0v) is 10.2. The van der Waals surface area contributed by atoms with Crippen molar-refractivity contribution in [2.75, 3.05) is 5.73 Å². The molecule has 0 saturated carbocycles. The average molecular weight is 253 g/mol. The van der Waals surface area contributed by atoms with Crippen LogP contribution < -0.4 is 5.73 Å². The van der Waals surface area contributed by atoms with E-state index in [0.717, 1.165) is 11.3 Å². The molecule has 19 heavy (non-hydrogen) atoms. The molecule has 0 aliphatic carbocycles. The monoisotopic (exact) mass is 253 g/mol. The molecule has 0 bridgehead atoms. The summed E-state index contributed by atoms with van der Waals surface area (Å²) in [5.41, 5.74) is 7.44. The smallest absolute Gasteiger partial charge is 0.240 e. The molecule has 3 aromatic heterocycles. The van der Waals surface area contributed by atoms with Crippen LogP contribution >= 0.6 is 0 Å². The number of nitrogens with zero attached hydrogens (tertiary/aromatic N) is 6. The van der Waals surface area contributed by atoms with Crippen LogP contribution in [-0.4, -0.2) is 29.5 Å². The maximum Gasteiger partial charge on any atom is 0.240 e. The van der Waals surface area contributed by atoms with E-state index in [1.165, 1.54) is 0 Å². The minimum absolute atomic E-state index is 0.161. The predicted octanol–water partition coefficient (Wildman–Crippen LogP) is 1.01. The number of anilines is 1. The van der Waals surface area contributed by atoms with Gasteiger partial charge in [-0.15, -0.1) is 0 Å². The van der Waals surface area contributed by atoms with E-state index in [0.29, 0.717) is 11.8 Å². The Kier molecular flexibility index (Phi) is 2.64. The molecule has 2 N–H and O–H groups in total. The summed E-state index contributed by atoms with van der Waals surface area (Å²) in [6.07, 6.45) is 6.70. The van der Waals surface area contributed by atoms with Gasteiger partial charge in [0.25, 0.3) is 0 Å². The highest BCUT2D eigenvalue weighted by molar-refractivity contribution is 5.55. The van der Waals surface area contributed by atoms with E-state index in [1.54, 1.807) is 29.5 Å². The van der Waals surface area contributed by atoms with E-state index in [2.05, 4.69) is 24.9 Å². The lowest BCUT2D eigenvalue weighted by Gasteiger charge is -2.05. The lowest BCUT2D eigenvalue weighted by Crippen LogP contribution is -2.06. The molecule has 7 nitrogen and oxygen atoms in total. The SMILES string of the molecule is Cc1ccc(-c2nc(N)nc(-n3ccnc3)n2)cn1. The minimum Gasteiger partial charge on any atom is -0.368 e. The van der Waals surface area contributed by atoms with Crippen LogP contribution in [0.15, 0.2) is 37.1 Å². The molecule has 3 rings (SSSR count). The standard InChI is InChI=1S/C12H11N7/c1-8-2-3-9(6-15-8)10-16-11(13)18-12(17-10)19-5-4-14-7-19/h2-7H,1H3,(H2,13,16,17,18). The van der Waals surface area contributed by atoms with Gasteiger partial charge in [0.2, 0.25) is 11.9 Å². The molecule has 0 aromatic carbocycles. The van der Waals surface area contributed by atoms with Crippen LogP contribution in [-0.2, 0) is 0 Å². The third kappa shape index (κ3) is 2.25. The second kappa shape index (κ2) is 4.45. The number of rotatable bonds is 2. The van der Waals surface area contributed by atoms with Crippen LogP contribution in [0, 0.1) is 6.92 Å². The van der Waals surface area contributed by atoms with Gasteiger partial charge < -0.3 is 5.73 Å². The molecule has 0 aliphatic rings. The van der Waals surface area contributed by atoms with Crippen LogP contribution in [0.1, 0.15) is 5.69 Å². The molecule has 0 aliphatic heterocycles. The van der Waals surface area contributed by atoms with Crippen molar-refractivity contribution < 1.29 is 0 Å². The van der Waals surface area contributed by atoms with Gasteiger partial charge >= 0.3 is 0 Å². The first-order valence-electron chi connectivity index (χ1n) is 5.65. The maximum absolute atomic E-state index is 5.72. The van der Waals surface area contributed by atoms with E-state index in [1.807, 2.05) is 19.1 Å². The van der Waals surface area contributed by atoms with E-state index >= 15 is 0 Å². The summed E-state index contributed by atoms with van der Waals surface area (Å²) in [4.78, 5) is 20.7. The maximum atomic E-state index is 5.72. The number of aryl methyl sites for hydroxylation is 1. The number of pyridine rings is 1. The fourth-order valence-corrected chi connectivity index (χ4v) is 1.60. The normalized spacial score (nSPS) is 10.6. The van der Waals surface area contributed by atoms with Gasteiger partial charge in [-0.3, -0.25) is 9.55 Å². The summed E-state index contributed by atoms with van der Waals surface area (Å²) in [7, 11) is 0. The second-order valence-corrected chi connectivity index (χ2v) is 3.98. The Morgan fingerprint density at radius 3 is 2.74 bits per heavy atom. The van der Waals surface area contributed by atoms with Crippen molar-refractivity contribution >= 4 is 5.95 Å². The molecule has 0 unspecified atom stereocenters. The van der Waals surface area contributed by atoms with Gasteiger partial charge in [0.15, 0.2) is 5.82 Å².